The molecule has 0 fully saturated rings. The molecule has 0 radical (unpaired) electrons. The molecule has 0 heterocycles. The van der Waals surface area contributed by atoms with E-state index in [4.69, 9.17) is 0 Å². The van der Waals surface area contributed by atoms with Crippen molar-refractivity contribution in [2.24, 2.45) is 0 Å². The number of anilines is 1. The first-order valence-corrected chi connectivity index (χ1v) is 7.05. The summed E-state index contributed by atoms with van der Waals surface area (Å²) in [6, 6.07) is 8.69. The normalized spacial score (nSPS) is 10.4. The van der Waals surface area contributed by atoms with Crippen LogP contribution in [0, 0.1) is 20.8 Å². The predicted molar refractivity (Wildman–Crippen MR) is 84.4 cm³/mol. The molecule has 0 saturated heterocycles. The number of carbonyl (C=O) groups is 1. The Balaban J connectivity index is 2.33. The second kappa shape index (κ2) is 5.67. The maximum atomic E-state index is 12.3. The SMILES string of the molecule is Cc1cc(C)c(NC(=O)c2ccc(O)cc2C)c(Br)c1. The van der Waals surface area contributed by atoms with E-state index in [9.17, 15) is 9.90 Å². The summed E-state index contributed by atoms with van der Waals surface area (Å²) >= 11 is 3.47. The van der Waals surface area contributed by atoms with Crippen LogP contribution in [0.5, 0.6) is 5.75 Å². The van der Waals surface area contributed by atoms with E-state index in [1.807, 2.05) is 26.0 Å². The third kappa shape index (κ3) is 3.02. The highest BCUT2D eigenvalue weighted by atomic mass is 79.9. The van der Waals surface area contributed by atoms with Crippen molar-refractivity contribution >= 4 is 27.5 Å². The maximum absolute atomic E-state index is 12.3. The van der Waals surface area contributed by atoms with Gasteiger partial charge >= 0.3 is 0 Å². The molecule has 0 aliphatic carbocycles. The van der Waals surface area contributed by atoms with Gasteiger partial charge in [0.15, 0.2) is 0 Å². The molecule has 104 valence electrons. The first-order chi connectivity index (χ1) is 9.38. The molecule has 0 atom stereocenters. The van der Waals surface area contributed by atoms with Gasteiger partial charge in [-0.25, -0.2) is 0 Å². The van der Waals surface area contributed by atoms with Crippen LogP contribution in [0.25, 0.3) is 0 Å². The molecule has 0 bridgehead atoms. The van der Waals surface area contributed by atoms with E-state index in [1.54, 1.807) is 19.1 Å². The van der Waals surface area contributed by atoms with E-state index in [-0.39, 0.29) is 11.7 Å². The van der Waals surface area contributed by atoms with Crippen molar-refractivity contribution in [2.75, 3.05) is 5.32 Å². The third-order valence-corrected chi connectivity index (χ3v) is 3.75. The minimum Gasteiger partial charge on any atom is -0.508 e. The fourth-order valence-corrected chi connectivity index (χ4v) is 2.93. The lowest BCUT2D eigenvalue weighted by molar-refractivity contribution is 0.102. The number of hydrogen-bond donors (Lipinski definition) is 2. The third-order valence-electron chi connectivity index (χ3n) is 3.12. The number of nitrogens with one attached hydrogen (secondary N) is 1. The van der Waals surface area contributed by atoms with E-state index in [0.717, 1.165) is 26.9 Å². The summed E-state index contributed by atoms with van der Waals surface area (Å²) in [6.45, 7) is 5.76. The van der Waals surface area contributed by atoms with Gasteiger partial charge in [-0.3, -0.25) is 4.79 Å². The first kappa shape index (κ1) is 14.6. The number of aromatic hydroxyl groups is 1. The maximum Gasteiger partial charge on any atom is 0.255 e. The van der Waals surface area contributed by atoms with Crippen LogP contribution in [0.4, 0.5) is 5.69 Å². The van der Waals surface area contributed by atoms with E-state index < -0.39 is 0 Å². The summed E-state index contributed by atoms with van der Waals surface area (Å²) in [5, 5.41) is 12.3. The van der Waals surface area contributed by atoms with Crippen molar-refractivity contribution in [3.63, 3.8) is 0 Å². The van der Waals surface area contributed by atoms with Crippen molar-refractivity contribution in [1.29, 1.82) is 0 Å². The van der Waals surface area contributed by atoms with Gasteiger partial charge in [0.25, 0.3) is 5.91 Å². The number of halogens is 1. The Hall–Kier alpha value is -1.81. The van der Waals surface area contributed by atoms with Gasteiger partial charge in [-0.1, -0.05) is 6.07 Å². The van der Waals surface area contributed by atoms with Gasteiger partial charge in [0.1, 0.15) is 5.75 Å². The standard InChI is InChI=1S/C16H16BrNO2/c1-9-6-11(3)15(14(17)7-9)18-16(20)13-5-4-12(19)8-10(13)2/h4-8,19H,1-3H3,(H,18,20). The van der Waals surface area contributed by atoms with Gasteiger partial charge in [-0.2, -0.15) is 0 Å². The van der Waals surface area contributed by atoms with Crippen LogP contribution in [-0.2, 0) is 0 Å². The Kier molecular flexibility index (Phi) is 4.14. The zero-order valence-corrected chi connectivity index (χ0v) is 13.2. The molecule has 0 spiro atoms. The predicted octanol–water partition coefficient (Wildman–Crippen LogP) is 4.33. The van der Waals surface area contributed by atoms with Crippen molar-refractivity contribution in [3.8, 4) is 5.75 Å². The molecule has 0 aliphatic heterocycles. The minimum atomic E-state index is -0.185. The number of phenols is 1. The number of phenolic OH excluding ortho intramolecular Hbond substituents is 1. The van der Waals surface area contributed by atoms with Crippen LogP contribution in [-0.4, -0.2) is 11.0 Å². The summed E-state index contributed by atoms with van der Waals surface area (Å²) in [5.41, 5.74) is 4.20. The van der Waals surface area contributed by atoms with Gasteiger partial charge in [-0.05, 0) is 77.7 Å². The number of benzene rings is 2. The fraction of sp³-hybridized carbons (Fsp3) is 0.188. The van der Waals surface area contributed by atoms with Gasteiger partial charge < -0.3 is 10.4 Å². The van der Waals surface area contributed by atoms with Crippen LogP contribution in [0.15, 0.2) is 34.8 Å². The van der Waals surface area contributed by atoms with Crippen molar-refractivity contribution in [3.05, 3.63) is 57.1 Å². The Bertz CT molecular complexity index is 657. The Morgan fingerprint density at radius 2 is 1.80 bits per heavy atom. The monoisotopic (exact) mass is 333 g/mol. The number of amides is 1. The van der Waals surface area contributed by atoms with E-state index in [1.165, 1.54) is 6.07 Å². The van der Waals surface area contributed by atoms with Crippen LogP contribution in [0.3, 0.4) is 0 Å². The smallest absolute Gasteiger partial charge is 0.255 e. The fourth-order valence-electron chi connectivity index (χ4n) is 2.16. The van der Waals surface area contributed by atoms with E-state index in [2.05, 4.69) is 21.2 Å². The quantitative estimate of drug-likeness (QED) is 0.859. The molecule has 2 N–H and O–H groups in total. The van der Waals surface area contributed by atoms with Crippen LogP contribution in [0.2, 0.25) is 0 Å². The molecule has 20 heavy (non-hydrogen) atoms. The number of hydrogen-bond acceptors (Lipinski definition) is 2. The minimum absolute atomic E-state index is 0.159. The number of carbonyl (C=O) groups excluding carboxylic acids is 1. The summed E-state index contributed by atoms with van der Waals surface area (Å²) in [4.78, 5) is 12.3. The van der Waals surface area contributed by atoms with E-state index >= 15 is 0 Å². The Labute approximate surface area is 126 Å². The summed E-state index contributed by atoms with van der Waals surface area (Å²) < 4.78 is 0.861. The van der Waals surface area contributed by atoms with Crippen LogP contribution in [0.1, 0.15) is 27.0 Å². The molecule has 2 rings (SSSR count). The highest BCUT2D eigenvalue weighted by molar-refractivity contribution is 9.10. The largest absolute Gasteiger partial charge is 0.508 e. The molecule has 1 amide bonds. The highest BCUT2D eigenvalue weighted by Crippen LogP contribution is 2.28. The van der Waals surface area contributed by atoms with Gasteiger partial charge in [-0.15, -0.1) is 0 Å². The van der Waals surface area contributed by atoms with Gasteiger partial charge in [0.2, 0.25) is 0 Å². The summed E-state index contributed by atoms with van der Waals surface area (Å²) in [5.74, 6) is -0.0260. The Morgan fingerprint density at radius 3 is 2.40 bits per heavy atom. The van der Waals surface area contributed by atoms with Crippen LogP contribution < -0.4 is 5.32 Å². The summed E-state index contributed by atoms with van der Waals surface area (Å²) in [6.07, 6.45) is 0. The second-order valence-electron chi connectivity index (χ2n) is 4.89. The van der Waals surface area contributed by atoms with Gasteiger partial charge in [0, 0.05) is 10.0 Å². The number of aryl methyl sites for hydroxylation is 3. The summed E-state index contributed by atoms with van der Waals surface area (Å²) in [7, 11) is 0. The highest BCUT2D eigenvalue weighted by Gasteiger charge is 2.13. The topological polar surface area (TPSA) is 49.3 Å². The van der Waals surface area contributed by atoms with Crippen LogP contribution >= 0.6 is 15.9 Å². The molecular weight excluding hydrogens is 318 g/mol. The van der Waals surface area contributed by atoms with Crippen molar-refractivity contribution < 1.29 is 9.90 Å². The molecular formula is C16H16BrNO2. The van der Waals surface area contributed by atoms with Crippen molar-refractivity contribution in [1.82, 2.24) is 0 Å². The molecule has 2 aromatic carbocycles. The van der Waals surface area contributed by atoms with E-state index in [0.29, 0.717) is 5.56 Å². The molecule has 0 saturated carbocycles. The molecule has 4 heteroatoms. The number of rotatable bonds is 2. The Morgan fingerprint density at radius 1 is 1.10 bits per heavy atom. The lowest BCUT2D eigenvalue weighted by atomic mass is 10.1. The zero-order chi connectivity index (χ0) is 14.9. The molecule has 0 aliphatic rings. The molecule has 3 nitrogen and oxygen atoms in total. The molecule has 0 aromatic heterocycles. The average molecular weight is 334 g/mol. The lowest BCUT2D eigenvalue weighted by Crippen LogP contribution is -2.14. The molecule has 2 aromatic rings. The average Bonchev–Trinajstić information content (AvgIpc) is 2.33. The van der Waals surface area contributed by atoms with Gasteiger partial charge in [0.05, 0.1) is 5.69 Å². The zero-order valence-electron chi connectivity index (χ0n) is 11.6. The van der Waals surface area contributed by atoms with Crippen molar-refractivity contribution in [2.45, 2.75) is 20.8 Å². The second-order valence-corrected chi connectivity index (χ2v) is 5.75. The molecule has 0 unspecified atom stereocenters. The lowest BCUT2D eigenvalue weighted by Gasteiger charge is -2.13. The first-order valence-electron chi connectivity index (χ1n) is 6.26.